The van der Waals surface area contributed by atoms with E-state index in [0.717, 1.165) is 0 Å². The zero-order valence-electron chi connectivity index (χ0n) is 10.8. The standard InChI is InChI=1S/C14H11Cl2NO3/c1-7-12(14(19)20-2)10(13(18)17-7)5-8-3-4-9(15)6-11(8)16/h3-6H,1-2H3,(H,17,18). The zero-order chi connectivity index (χ0) is 14.9. The highest BCUT2D eigenvalue weighted by Crippen LogP contribution is 2.28. The molecule has 0 radical (unpaired) electrons. The van der Waals surface area contributed by atoms with Crippen LogP contribution in [-0.2, 0) is 14.3 Å². The monoisotopic (exact) mass is 311 g/mol. The third-order valence-corrected chi connectivity index (χ3v) is 3.40. The lowest BCUT2D eigenvalue weighted by atomic mass is 10.0. The molecule has 0 aromatic heterocycles. The van der Waals surface area contributed by atoms with Gasteiger partial charge < -0.3 is 10.1 Å². The Morgan fingerprint density at radius 2 is 2.05 bits per heavy atom. The summed E-state index contributed by atoms with van der Waals surface area (Å²) in [6.07, 6.45) is 1.54. The Morgan fingerprint density at radius 3 is 2.65 bits per heavy atom. The van der Waals surface area contributed by atoms with Gasteiger partial charge in [-0.25, -0.2) is 4.79 Å². The second-order valence-corrected chi connectivity index (χ2v) is 5.01. The largest absolute Gasteiger partial charge is 0.465 e. The first-order valence-electron chi connectivity index (χ1n) is 5.71. The average Bonchev–Trinajstić information content (AvgIpc) is 2.66. The molecule has 104 valence electrons. The molecule has 1 aliphatic heterocycles. The minimum Gasteiger partial charge on any atom is -0.465 e. The van der Waals surface area contributed by atoms with Crippen LogP contribution in [0, 0.1) is 0 Å². The van der Waals surface area contributed by atoms with Crippen LogP contribution in [0.5, 0.6) is 0 Å². The van der Waals surface area contributed by atoms with E-state index >= 15 is 0 Å². The summed E-state index contributed by atoms with van der Waals surface area (Å²) in [6, 6.07) is 4.89. The summed E-state index contributed by atoms with van der Waals surface area (Å²) in [5.41, 5.74) is 1.48. The fourth-order valence-electron chi connectivity index (χ4n) is 1.89. The third-order valence-electron chi connectivity index (χ3n) is 2.84. The lowest BCUT2D eigenvalue weighted by Crippen LogP contribution is -2.15. The highest BCUT2D eigenvalue weighted by atomic mass is 35.5. The first-order chi connectivity index (χ1) is 9.43. The molecule has 1 aromatic rings. The molecule has 1 aliphatic rings. The summed E-state index contributed by atoms with van der Waals surface area (Å²) in [7, 11) is 1.26. The molecular formula is C14H11Cl2NO3. The van der Waals surface area contributed by atoms with Crippen molar-refractivity contribution in [3.8, 4) is 0 Å². The lowest BCUT2D eigenvalue weighted by molar-refractivity contribution is -0.136. The van der Waals surface area contributed by atoms with Gasteiger partial charge in [-0.1, -0.05) is 29.3 Å². The smallest absolute Gasteiger partial charge is 0.340 e. The van der Waals surface area contributed by atoms with Gasteiger partial charge in [0.15, 0.2) is 0 Å². The van der Waals surface area contributed by atoms with Gasteiger partial charge in [0.05, 0.1) is 18.3 Å². The predicted molar refractivity (Wildman–Crippen MR) is 77.3 cm³/mol. The number of nitrogens with one attached hydrogen (secondary N) is 1. The van der Waals surface area contributed by atoms with Crippen LogP contribution >= 0.6 is 23.2 Å². The second-order valence-electron chi connectivity index (χ2n) is 4.17. The first kappa shape index (κ1) is 14.6. The molecule has 0 aliphatic carbocycles. The van der Waals surface area contributed by atoms with Gasteiger partial charge in [-0.15, -0.1) is 0 Å². The maximum absolute atomic E-state index is 11.9. The van der Waals surface area contributed by atoms with Crippen molar-refractivity contribution < 1.29 is 14.3 Å². The van der Waals surface area contributed by atoms with Crippen LogP contribution in [0.25, 0.3) is 6.08 Å². The van der Waals surface area contributed by atoms with E-state index in [0.29, 0.717) is 21.3 Å². The van der Waals surface area contributed by atoms with Crippen molar-refractivity contribution in [2.45, 2.75) is 6.92 Å². The van der Waals surface area contributed by atoms with Gasteiger partial charge in [0, 0.05) is 15.7 Å². The molecule has 1 heterocycles. The van der Waals surface area contributed by atoms with Crippen LogP contribution in [0.4, 0.5) is 0 Å². The van der Waals surface area contributed by atoms with E-state index < -0.39 is 5.97 Å². The van der Waals surface area contributed by atoms with E-state index in [-0.39, 0.29) is 17.1 Å². The number of esters is 1. The van der Waals surface area contributed by atoms with Crippen LogP contribution in [0.2, 0.25) is 10.0 Å². The highest BCUT2D eigenvalue weighted by Gasteiger charge is 2.30. The van der Waals surface area contributed by atoms with Crippen molar-refractivity contribution in [1.82, 2.24) is 5.32 Å². The van der Waals surface area contributed by atoms with Gasteiger partial charge in [-0.3, -0.25) is 4.79 Å². The molecule has 0 saturated heterocycles. The SMILES string of the molecule is COC(=O)C1=C(C)NC(=O)C1=Cc1ccc(Cl)cc1Cl. The molecule has 1 amide bonds. The number of methoxy groups -OCH3 is 1. The second kappa shape index (κ2) is 5.69. The van der Waals surface area contributed by atoms with E-state index in [9.17, 15) is 9.59 Å². The van der Waals surface area contributed by atoms with Crippen LogP contribution in [-0.4, -0.2) is 19.0 Å². The number of amides is 1. The summed E-state index contributed by atoms with van der Waals surface area (Å²) in [5.74, 6) is -0.939. The summed E-state index contributed by atoms with van der Waals surface area (Å²) >= 11 is 11.9. The Labute approximate surface area is 126 Å². The summed E-state index contributed by atoms with van der Waals surface area (Å²) in [4.78, 5) is 23.6. The van der Waals surface area contributed by atoms with E-state index in [2.05, 4.69) is 10.1 Å². The maximum Gasteiger partial charge on any atom is 0.340 e. The third kappa shape index (κ3) is 2.71. The van der Waals surface area contributed by atoms with Crippen molar-refractivity contribution in [3.63, 3.8) is 0 Å². The predicted octanol–water partition coefficient (Wildman–Crippen LogP) is 2.95. The molecule has 1 aromatic carbocycles. The van der Waals surface area contributed by atoms with Gasteiger partial charge in [-0.05, 0) is 30.7 Å². The van der Waals surface area contributed by atoms with Crippen LogP contribution in [0.1, 0.15) is 12.5 Å². The summed E-state index contributed by atoms with van der Waals surface area (Å²) < 4.78 is 4.69. The number of rotatable bonds is 2. The van der Waals surface area contributed by atoms with E-state index in [1.165, 1.54) is 13.2 Å². The summed E-state index contributed by atoms with van der Waals surface area (Å²) in [6.45, 7) is 1.63. The van der Waals surface area contributed by atoms with Crippen LogP contribution < -0.4 is 5.32 Å². The lowest BCUT2D eigenvalue weighted by Gasteiger charge is -2.04. The molecule has 0 saturated carbocycles. The fourth-order valence-corrected chi connectivity index (χ4v) is 2.36. The van der Waals surface area contributed by atoms with Crippen molar-refractivity contribution >= 4 is 41.2 Å². The maximum atomic E-state index is 11.9. The molecular weight excluding hydrogens is 301 g/mol. The Balaban J connectivity index is 2.51. The topological polar surface area (TPSA) is 55.4 Å². The molecule has 20 heavy (non-hydrogen) atoms. The van der Waals surface area contributed by atoms with Crippen molar-refractivity contribution in [2.24, 2.45) is 0 Å². The molecule has 1 N–H and O–H groups in total. The first-order valence-corrected chi connectivity index (χ1v) is 6.47. The van der Waals surface area contributed by atoms with Crippen LogP contribution in [0.15, 0.2) is 35.0 Å². The Morgan fingerprint density at radius 1 is 1.35 bits per heavy atom. The molecule has 6 heteroatoms. The van der Waals surface area contributed by atoms with Gasteiger partial charge in [-0.2, -0.15) is 0 Å². The average molecular weight is 312 g/mol. The molecule has 0 unspecified atom stereocenters. The number of halogens is 2. The number of hydrogen-bond donors (Lipinski definition) is 1. The molecule has 2 rings (SSSR count). The van der Waals surface area contributed by atoms with Gasteiger partial charge >= 0.3 is 5.97 Å². The van der Waals surface area contributed by atoms with Gasteiger partial charge in [0.2, 0.25) is 0 Å². The highest BCUT2D eigenvalue weighted by molar-refractivity contribution is 6.35. The minimum absolute atomic E-state index is 0.212. The summed E-state index contributed by atoms with van der Waals surface area (Å²) in [5, 5.41) is 3.47. The molecule has 0 spiro atoms. The molecule has 4 nitrogen and oxygen atoms in total. The molecule has 0 fully saturated rings. The van der Waals surface area contributed by atoms with Gasteiger partial charge in [0.25, 0.3) is 5.91 Å². The van der Waals surface area contributed by atoms with E-state index in [4.69, 9.17) is 23.2 Å². The number of carbonyl (C=O) groups excluding carboxylic acids is 2. The Bertz CT molecular complexity index is 662. The zero-order valence-corrected chi connectivity index (χ0v) is 12.3. The minimum atomic E-state index is -0.572. The van der Waals surface area contributed by atoms with E-state index in [1.54, 1.807) is 25.1 Å². The van der Waals surface area contributed by atoms with Gasteiger partial charge in [0.1, 0.15) is 0 Å². The van der Waals surface area contributed by atoms with Crippen LogP contribution in [0.3, 0.4) is 0 Å². The Hall–Kier alpha value is -1.78. The number of allylic oxidation sites excluding steroid dienone is 1. The van der Waals surface area contributed by atoms with Crippen molar-refractivity contribution in [1.29, 1.82) is 0 Å². The fraction of sp³-hybridized carbons (Fsp3) is 0.143. The van der Waals surface area contributed by atoms with Crippen molar-refractivity contribution in [3.05, 3.63) is 50.7 Å². The number of ether oxygens (including phenoxy) is 1. The number of benzene rings is 1. The quantitative estimate of drug-likeness (QED) is 0.675. The molecule has 0 bridgehead atoms. The normalized spacial score (nSPS) is 16.6. The van der Waals surface area contributed by atoms with Crippen molar-refractivity contribution in [2.75, 3.05) is 7.11 Å². The van der Waals surface area contributed by atoms with E-state index in [1.807, 2.05) is 0 Å². The Kier molecular flexibility index (Phi) is 4.16. The molecule has 0 atom stereocenters. The number of hydrogen-bond acceptors (Lipinski definition) is 3. The number of carbonyl (C=O) groups is 2.